The summed E-state index contributed by atoms with van der Waals surface area (Å²) in [5, 5.41) is 3.34. The van der Waals surface area contributed by atoms with Crippen molar-refractivity contribution in [2.75, 3.05) is 31.6 Å². The minimum atomic E-state index is -0.533. The van der Waals surface area contributed by atoms with Crippen LogP contribution in [0.2, 0.25) is 5.02 Å². The minimum Gasteiger partial charge on any atom is -0.449 e. The predicted octanol–water partition coefficient (Wildman–Crippen LogP) is 4.35. The molecule has 1 aliphatic rings. The van der Waals surface area contributed by atoms with Gasteiger partial charge in [0.15, 0.2) is 0 Å². The van der Waals surface area contributed by atoms with Crippen molar-refractivity contribution in [2.24, 2.45) is 0 Å². The summed E-state index contributed by atoms with van der Waals surface area (Å²) in [5.41, 5.74) is 1.38. The van der Waals surface area contributed by atoms with Crippen LogP contribution in [0.25, 0.3) is 17.0 Å². The van der Waals surface area contributed by atoms with Gasteiger partial charge in [-0.25, -0.2) is 4.39 Å². The van der Waals surface area contributed by atoms with Gasteiger partial charge in [0.1, 0.15) is 17.1 Å². The molecule has 0 spiro atoms. The molecule has 1 N–H and O–H groups in total. The number of carbonyl (C=O) groups is 2. The topological polar surface area (TPSA) is 71.8 Å². The van der Waals surface area contributed by atoms with Gasteiger partial charge in [-0.15, -0.1) is 0 Å². The quantitative estimate of drug-likeness (QED) is 0.627. The summed E-state index contributed by atoms with van der Waals surface area (Å²) in [6, 6.07) is 11.2. The van der Waals surface area contributed by atoms with Gasteiger partial charge >= 0.3 is 0 Å². The Morgan fingerprint density at radius 3 is 2.67 bits per heavy atom. The molecule has 0 radical (unpaired) electrons. The zero-order valence-corrected chi connectivity index (χ0v) is 16.6. The van der Waals surface area contributed by atoms with E-state index in [1.807, 2.05) is 0 Å². The van der Waals surface area contributed by atoms with E-state index >= 15 is 0 Å². The van der Waals surface area contributed by atoms with E-state index in [2.05, 4.69) is 5.32 Å². The van der Waals surface area contributed by atoms with E-state index < -0.39 is 11.7 Å². The van der Waals surface area contributed by atoms with Gasteiger partial charge in [0.25, 0.3) is 5.91 Å². The zero-order chi connectivity index (χ0) is 21.1. The van der Waals surface area contributed by atoms with Gasteiger partial charge in [-0.2, -0.15) is 0 Å². The number of morpholine rings is 1. The molecule has 0 saturated carbocycles. The lowest BCUT2D eigenvalue weighted by atomic mass is 10.2. The van der Waals surface area contributed by atoms with Crippen LogP contribution in [0.5, 0.6) is 0 Å². The fourth-order valence-electron chi connectivity index (χ4n) is 3.18. The third-order valence-electron chi connectivity index (χ3n) is 4.71. The maximum atomic E-state index is 13.3. The van der Waals surface area contributed by atoms with Crippen LogP contribution in [0.3, 0.4) is 0 Å². The number of hydrogen-bond acceptors (Lipinski definition) is 4. The first-order chi connectivity index (χ1) is 14.5. The van der Waals surface area contributed by atoms with Crippen LogP contribution >= 0.6 is 11.6 Å². The third-order valence-corrected chi connectivity index (χ3v) is 5.00. The summed E-state index contributed by atoms with van der Waals surface area (Å²) in [5.74, 6) is -1.23. The number of hydrogen-bond donors (Lipinski definition) is 1. The molecule has 30 heavy (non-hydrogen) atoms. The highest BCUT2D eigenvalue weighted by Crippen LogP contribution is 2.32. The highest BCUT2D eigenvalue weighted by Gasteiger charge is 2.27. The van der Waals surface area contributed by atoms with Gasteiger partial charge in [0.05, 0.1) is 18.2 Å². The molecular formula is C22H18ClFN2O4. The van der Waals surface area contributed by atoms with Crippen molar-refractivity contribution < 1.29 is 23.1 Å². The number of furan rings is 1. The normalized spacial score (nSPS) is 14.4. The van der Waals surface area contributed by atoms with Gasteiger partial charge in [-0.05, 0) is 35.9 Å². The first-order valence-corrected chi connectivity index (χ1v) is 9.73. The summed E-state index contributed by atoms with van der Waals surface area (Å²) in [6.07, 6.45) is 2.79. The van der Waals surface area contributed by atoms with Crippen LogP contribution in [0, 0.1) is 5.82 Å². The predicted molar refractivity (Wildman–Crippen MR) is 112 cm³/mol. The second kappa shape index (κ2) is 8.69. The molecule has 2 amide bonds. The number of ether oxygens (including phenoxy) is 1. The van der Waals surface area contributed by atoms with E-state index in [1.54, 1.807) is 29.2 Å². The van der Waals surface area contributed by atoms with Crippen LogP contribution in [-0.4, -0.2) is 43.0 Å². The lowest BCUT2D eigenvalue weighted by Gasteiger charge is -2.26. The first-order valence-electron chi connectivity index (χ1n) is 9.35. The van der Waals surface area contributed by atoms with Crippen LogP contribution in [0.15, 0.2) is 53.0 Å². The number of amides is 2. The van der Waals surface area contributed by atoms with Gasteiger partial charge in [-0.1, -0.05) is 29.8 Å². The number of nitrogens with zero attached hydrogens (tertiary/aromatic N) is 1. The number of anilines is 1. The fraction of sp³-hybridized carbons (Fsp3) is 0.182. The van der Waals surface area contributed by atoms with Gasteiger partial charge in [0.2, 0.25) is 11.7 Å². The second-order valence-corrected chi connectivity index (χ2v) is 7.11. The highest BCUT2D eigenvalue weighted by atomic mass is 35.5. The van der Waals surface area contributed by atoms with Crippen molar-refractivity contribution in [1.82, 2.24) is 4.90 Å². The van der Waals surface area contributed by atoms with Crippen molar-refractivity contribution in [2.45, 2.75) is 0 Å². The molecule has 6 nitrogen and oxygen atoms in total. The summed E-state index contributed by atoms with van der Waals surface area (Å²) in [7, 11) is 0. The van der Waals surface area contributed by atoms with E-state index in [4.69, 9.17) is 20.8 Å². The highest BCUT2D eigenvalue weighted by molar-refractivity contribution is 6.30. The fourth-order valence-corrected chi connectivity index (χ4v) is 3.37. The Balaban J connectivity index is 1.60. The molecule has 0 bridgehead atoms. The van der Waals surface area contributed by atoms with Gasteiger partial charge in [0, 0.05) is 24.6 Å². The summed E-state index contributed by atoms with van der Waals surface area (Å²) in [6.45, 7) is 1.82. The van der Waals surface area contributed by atoms with E-state index in [0.29, 0.717) is 48.5 Å². The second-order valence-electron chi connectivity index (χ2n) is 6.70. The number of carbonyl (C=O) groups excluding carboxylic acids is 2. The Morgan fingerprint density at radius 2 is 1.90 bits per heavy atom. The van der Waals surface area contributed by atoms with Crippen LogP contribution in [0.1, 0.15) is 16.1 Å². The number of para-hydroxylation sites is 1. The van der Waals surface area contributed by atoms with E-state index in [0.717, 1.165) is 0 Å². The Kier molecular flexibility index (Phi) is 5.83. The third kappa shape index (κ3) is 4.22. The maximum absolute atomic E-state index is 13.3. The molecule has 0 atom stereocenters. The Labute approximate surface area is 176 Å². The molecule has 0 aliphatic carbocycles. The van der Waals surface area contributed by atoms with Crippen molar-refractivity contribution in [1.29, 1.82) is 0 Å². The minimum absolute atomic E-state index is 0.0308. The van der Waals surface area contributed by atoms with Crippen LogP contribution < -0.4 is 5.32 Å². The number of fused-ring (bicyclic) bond motifs is 1. The lowest BCUT2D eigenvalue weighted by Crippen LogP contribution is -2.40. The molecule has 4 rings (SSSR count). The van der Waals surface area contributed by atoms with Crippen LogP contribution in [0.4, 0.5) is 10.1 Å². The number of benzene rings is 2. The maximum Gasteiger partial charge on any atom is 0.291 e. The molecule has 1 fully saturated rings. The molecule has 1 saturated heterocycles. The van der Waals surface area contributed by atoms with Crippen LogP contribution in [-0.2, 0) is 9.53 Å². The zero-order valence-electron chi connectivity index (χ0n) is 15.9. The average molecular weight is 429 g/mol. The van der Waals surface area contributed by atoms with E-state index in [9.17, 15) is 14.0 Å². The van der Waals surface area contributed by atoms with Gasteiger partial charge in [-0.3, -0.25) is 9.59 Å². The summed E-state index contributed by atoms with van der Waals surface area (Å²) >= 11 is 5.77. The van der Waals surface area contributed by atoms with Crippen molar-refractivity contribution in [3.8, 4) is 0 Å². The smallest absolute Gasteiger partial charge is 0.291 e. The Morgan fingerprint density at radius 1 is 1.13 bits per heavy atom. The number of rotatable bonds is 4. The summed E-state index contributed by atoms with van der Waals surface area (Å²) < 4.78 is 24.4. The molecule has 2 heterocycles. The SMILES string of the molecule is O=C(/C=C/c1ccc(F)c(Cl)c1)Nc1c(C(=O)N2CCOCC2)oc2ccccc12. The molecule has 2 aromatic carbocycles. The van der Waals surface area contributed by atoms with Crippen molar-refractivity contribution in [3.05, 3.63) is 70.7 Å². The lowest BCUT2D eigenvalue weighted by molar-refractivity contribution is -0.111. The molecule has 0 unspecified atom stereocenters. The van der Waals surface area contributed by atoms with Crippen molar-refractivity contribution >= 4 is 46.1 Å². The van der Waals surface area contributed by atoms with E-state index in [1.165, 1.54) is 30.4 Å². The largest absolute Gasteiger partial charge is 0.449 e. The van der Waals surface area contributed by atoms with Crippen molar-refractivity contribution in [3.63, 3.8) is 0 Å². The molecular weight excluding hydrogens is 411 g/mol. The Bertz CT molecular complexity index is 1140. The standard InChI is InChI=1S/C22H18ClFN2O4/c23-16-13-14(5-7-17(16)24)6-8-19(27)25-20-15-3-1-2-4-18(15)30-21(20)22(28)26-9-11-29-12-10-26/h1-8,13H,9-12H2,(H,25,27)/b8-6+. The average Bonchev–Trinajstić information content (AvgIpc) is 3.13. The Hall–Kier alpha value is -3.16. The molecule has 8 heteroatoms. The first kappa shape index (κ1) is 20.1. The number of nitrogens with one attached hydrogen (secondary N) is 1. The molecule has 1 aromatic heterocycles. The van der Waals surface area contributed by atoms with E-state index in [-0.39, 0.29) is 16.7 Å². The molecule has 1 aliphatic heterocycles. The molecule has 154 valence electrons. The monoisotopic (exact) mass is 428 g/mol. The molecule has 3 aromatic rings. The van der Waals surface area contributed by atoms with Gasteiger partial charge < -0.3 is 19.4 Å². The number of halogens is 2. The summed E-state index contributed by atoms with van der Waals surface area (Å²) in [4.78, 5) is 27.1.